The molecule has 2 aromatic carbocycles. The van der Waals surface area contributed by atoms with E-state index < -0.39 is 17.7 Å². The summed E-state index contributed by atoms with van der Waals surface area (Å²) in [5.41, 5.74) is 6.69. The summed E-state index contributed by atoms with van der Waals surface area (Å²) < 4.78 is 27.3. The molecule has 19 heavy (non-hydrogen) atoms. The van der Waals surface area contributed by atoms with E-state index in [2.05, 4.69) is 0 Å². The van der Waals surface area contributed by atoms with E-state index in [1.165, 1.54) is 6.07 Å². The fourth-order valence-corrected chi connectivity index (χ4v) is 3.12. The van der Waals surface area contributed by atoms with Crippen molar-refractivity contribution >= 4 is 21.4 Å². The van der Waals surface area contributed by atoms with E-state index >= 15 is 0 Å². The number of nitrogens with two attached hydrogens (primary N) is 1. The highest BCUT2D eigenvalue weighted by atomic mass is 32.1. The summed E-state index contributed by atoms with van der Waals surface area (Å²) in [6, 6.07) is 13.3. The Balaban J connectivity index is 2.02. The van der Waals surface area contributed by atoms with Gasteiger partial charge in [0.15, 0.2) is 11.6 Å². The molecule has 0 amide bonds. The van der Waals surface area contributed by atoms with Crippen LogP contribution in [0.5, 0.6) is 0 Å². The fraction of sp³-hybridized carbons (Fsp3) is 0.0667. The average molecular weight is 275 g/mol. The minimum absolute atomic E-state index is 0.438. The first-order valence-corrected chi connectivity index (χ1v) is 6.66. The first-order chi connectivity index (χ1) is 9.15. The lowest BCUT2D eigenvalue weighted by Crippen LogP contribution is -2.10. The molecule has 4 heteroatoms. The molecule has 2 N–H and O–H groups in total. The third-order valence-corrected chi connectivity index (χ3v) is 4.25. The second kappa shape index (κ2) is 4.72. The molecule has 1 heterocycles. The Morgan fingerprint density at radius 3 is 2.47 bits per heavy atom. The molecule has 1 nitrogen and oxygen atoms in total. The van der Waals surface area contributed by atoms with Gasteiger partial charge in [0.1, 0.15) is 0 Å². The molecule has 0 fully saturated rings. The molecule has 3 rings (SSSR count). The minimum atomic E-state index is -0.867. The number of halogens is 2. The molecule has 0 saturated carbocycles. The van der Waals surface area contributed by atoms with Crippen molar-refractivity contribution in [3.8, 4) is 0 Å². The van der Waals surface area contributed by atoms with Gasteiger partial charge in [-0.2, -0.15) is 0 Å². The molecule has 1 aromatic heterocycles. The lowest BCUT2D eigenvalue weighted by atomic mass is 10.1. The lowest BCUT2D eigenvalue weighted by Gasteiger charge is -2.09. The smallest absolute Gasteiger partial charge is 0.159 e. The molecular weight excluding hydrogens is 264 g/mol. The second-order valence-corrected chi connectivity index (χ2v) is 5.45. The van der Waals surface area contributed by atoms with Crippen LogP contribution >= 0.6 is 11.3 Å². The third-order valence-electron chi connectivity index (χ3n) is 3.05. The van der Waals surface area contributed by atoms with Crippen molar-refractivity contribution in [3.63, 3.8) is 0 Å². The predicted octanol–water partition coefficient (Wildman–Crippen LogP) is 4.23. The summed E-state index contributed by atoms with van der Waals surface area (Å²) in [6.07, 6.45) is 0. The van der Waals surface area contributed by atoms with Crippen LogP contribution in [0.1, 0.15) is 16.5 Å². The number of fused-ring (bicyclic) bond motifs is 1. The van der Waals surface area contributed by atoms with Gasteiger partial charge in [0.2, 0.25) is 0 Å². The summed E-state index contributed by atoms with van der Waals surface area (Å²) in [4.78, 5) is 0.937. The zero-order valence-electron chi connectivity index (χ0n) is 9.94. The minimum Gasteiger partial charge on any atom is -0.320 e. The lowest BCUT2D eigenvalue weighted by molar-refractivity contribution is 0.506. The largest absolute Gasteiger partial charge is 0.320 e. The number of hydrogen-bond donors (Lipinski definition) is 1. The zero-order chi connectivity index (χ0) is 13.4. The standard InChI is InChI=1S/C15H11F2NS/c16-11-6-5-10(7-12(11)17)15(18)14-8-9-3-1-2-4-13(9)19-14/h1-8,15H,18H2. The van der Waals surface area contributed by atoms with Crippen molar-refractivity contribution in [1.82, 2.24) is 0 Å². The van der Waals surface area contributed by atoms with E-state index in [1.54, 1.807) is 11.3 Å². The van der Waals surface area contributed by atoms with Crippen molar-refractivity contribution in [3.05, 3.63) is 70.6 Å². The van der Waals surface area contributed by atoms with Crippen molar-refractivity contribution < 1.29 is 8.78 Å². The molecule has 0 radical (unpaired) electrons. The highest BCUT2D eigenvalue weighted by Gasteiger charge is 2.14. The number of benzene rings is 2. The van der Waals surface area contributed by atoms with Gasteiger partial charge in [-0.1, -0.05) is 24.3 Å². The Hall–Kier alpha value is -1.78. The van der Waals surface area contributed by atoms with Gasteiger partial charge in [-0.3, -0.25) is 0 Å². The Bertz CT molecular complexity index is 703. The first kappa shape index (κ1) is 12.3. The predicted molar refractivity (Wildman–Crippen MR) is 74.2 cm³/mol. The third kappa shape index (κ3) is 2.25. The molecule has 0 aliphatic rings. The Kier molecular flexibility index (Phi) is 3.05. The van der Waals surface area contributed by atoms with Crippen molar-refractivity contribution in [2.24, 2.45) is 5.73 Å². The van der Waals surface area contributed by atoms with E-state index in [0.717, 1.165) is 27.1 Å². The van der Waals surface area contributed by atoms with Crippen LogP contribution in [0.4, 0.5) is 8.78 Å². The van der Waals surface area contributed by atoms with Gasteiger partial charge in [-0.15, -0.1) is 11.3 Å². The van der Waals surface area contributed by atoms with E-state index in [0.29, 0.717) is 5.56 Å². The van der Waals surface area contributed by atoms with Gasteiger partial charge in [0.25, 0.3) is 0 Å². The summed E-state index contributed by atoms with van der Waals surface area (Å²) in [5.74, 6) is -1.72. The van der Waals surface area contributed by atoms with Crippen molar-refractivity contribution in [2.45, 2.75) is 6.04 Å². The van der Waals surface area contributed by atoms with Crippen LogP contribution in [-0.4, -0.2) is 0 Å². The molecular formula is C15H11F2NS. The van der Waals surface area contributed by atoms with Crippen LogP contribution < -0.4 is 5.73 Å². The van der Waals surface area contributed by atoms with Crippen LogP contribution in [0.15, 0.2) is 48.5 Å². The molecule has 1 unspecified atom stereocenters. The van der Waals surface area contributed by atoms with Crippen LogP contribution in [0.25, 0.3) is 10.1 Å². The highest BCUT2D eigenvalue weighted by molar-refractivity contribution is 7.19. The van der Waals surface area contributed by atoms with E-state index in [1.807, 2.05) is 30.3 Å². The maximum absolute atomic E-state index is 13.2. The van der Waals surface area contributed by atoms with Gasteiger partial charge < -0.3 is 5.73 Å². The van der Waals surface area contributed by atoms with Crippen LogP contribution in [0, 0.1) is 11.6 Å². The molecule has 3 aromatic rings. The van der Waals surface area contributed by atoms with Crippen LogP contribution in [0.3, 0.4) is 0 Å². The summed E-state index contributed by atoms with van der Waals surface area (Å²) in [7, 11) is 0. The Labute approximate surface area is 113 Å². The second-order valence-electron chi connectivity index (χ2n) is 4.34. The fourth-order valence-electron chi connectivity index (χ4n) is 2.03. The van der Waals surface area contributed by atoms with Crippen LogP contribution in [-0.2, 0) is 0 Å². The van der Waals surface area contributed by atoms with E-state index in [-0.39, 0.29) is 0 Å². The van der Waals surface area contributed by atoms with Gasteiger partial charge in [-0.05, 0) is 35.2 Å². The van der Waals surface area contributed by atoms with Gasteiger partial charge in [0, 0.05) is 9.58 Å². The quantitative estimate of drug-likeness (QED) is 0.744. The van der Waals surface area contributed by atoms with Crippen LogP contribution in [0.2, 0.25) is 0 Å². The summed E-state index contributed by atoms with van der Waals surface area (Å²) in [5, 5.41) is 1.11. The Morgan fingerprint density at radius 2 is 1.74 bits per heavy atom. The normalized spacial score (nSPS) is 12.8. The highest BCUT2D eigenvalue weighted by Crippen LogP contribution is 2.32. The monoisotopic (exact) mass is 275 g/mol. The van der Waals surface area contributed by atoms with E-state index in [4.69, 9.17) is 5.73 Å². The number of thiophene rings is 1. The average Bonchev–Trinajstić information content (AvgIpc) is 2.85. The number of hydrogen-bond acceptors (Lipinski definition) is 2. The first-order valence-electron chi connectivity index (χ1n) is 5.84. The van der Waals surface area contributed by atoms with Gasteiger partial charge >= 0.3 is 0 Å². The molecule has 0 aliphatic carbocycles. The van der Waals surface area contributed by atoms with Gasteiger partial charge in [0.05, 0.1) is 6.04 Å². The molecule has 0 saturated heterocycles. The maximum Gasteiger partial charge on any atom is 0.159 e. The SMILES string of the molecule is NC(c1ccc(F)c(F)c1)c1cc2ccccc2s1. The summed E-state index contributed by atoms with van der Waals surface area (Å²) in [6.45, 7) is 0. The van der Waals surface area contributed by atoms with Gasteiger partial charge in [-0.25, -0.2) is 8.78 Å². The maximum atomic E-state index is 13.2. The zero-order valence-corrected chi connectivity index (χ0v) is 10.8. The van der Waals surface area contributed by atoms with E-state index in [9.17, 15) is 8.78 Å². The summed E-state index contributed by atoms with van der Waals surface area (Å²) >= 11 is 1.57. The van der Waals surface area contributed by atoms with Crippen molar-refractivity contribution in [1.29, 1.82) is 0 Å². The number of rotatable bonds is 2. The molecule has 0 spiro atoms. The molecule has 0 aliphatic heterocycles. The topological polar surface area (TPSA) is 26.0 Å². The molecule has 1 atom stereocenters. The van der Waals surface area contributed by atoms with Crippen molar-refractivity contribution in [2.75, 3.05) is 0 Å². The molecule has 96 valence electrons. The Morgan fingerprint density at radius 1 is 0.947 bits per heavy atom. The molecule has 0 bridgehead atoms.